The van der Waals surface area contributed by atoms with Gasteiger partial charge in [-0.2, -0.15) is 0 Å². The van der Waals surface area contributed by atoms with Gasteiger partial charge in [-0.15, -0.1) is 16.8 Å². The first-order valence-electron chi connectivity index (χ1n) is 11.4. The van der Waals surface area contributed by atoms with Crippen LogP contribution in [0.1, 0.15) is 10.8 Å². The zero-order valence-corrected chi connectivity index (χ0v) is 21.4. The van der Waals surface area contributed by atoms with Crippen molar-refractivity contribution in [3.63, 3.8) is 0 Å². The number of carbonyl (C=O) groups excluding carboxylic acids is 1. The van der Waals surface area contributed by atoms with Gasteiger partial charge in [0.1, 0.15) is 11.0 Å². The average Bonchev–Trinajstić information content (AvgIpc) is 3.34. The van der Waals surface area contributed by atoms with Crippen molar-refractivity contribution in [3.8, 4) is 5.75 Å². The van der Waals surface area contributed by atoms with Crippen molar-refractivity contribution in [1.29, 1.82) is 0 Å². The lowest BCUT2D eigenvalue weighted by molar-refractivity contribution is -0.115. The number of allylic oxidation sites excluding steroid dienone is 1. The average molecular weight is 532 g/mol. The van der Waals surface area contributed by atoms with E-state index in [0.29, 0.717) is 38.3 Å². The minimum atomic E-state index is -0.673. The number of thioether (sulfide) groups is 1. The number of nitrogens with zero attached hydrogens (tertiary/aromatic N) is 4. The Morgan fingerprint density at radius 3 is 2.62 bits per heavy atom. The number of rotatable bonds is 8. The predicted octanol–water partition coefficient (Wildman–Crippen LogP) is 5.36. The first-order chi connectivity index (χ1) is 18.0. The quantitative estimate of drug-likeness (QED) is 0.214. The van der Waals surface area contributed by atoms with Crippen molar-refractivity contribution in [3.05, 3.63) is 106 Å². The van der Waals surface area contributed by atoms with E-state index in [1.54, 1.807) is 34.7 Å². The second kappa shape index (κ2) is 10.5. The van der Waals surface area contributed by atoms with Crippen LogP contribution >= 0.6 is 23.4 Å². The highest BCUT2D eigenvalue weighted by molar-refractivity contribution is 8.00. The van der Waals surface area contributed by atoms with Gasteiger partial charge in [0, 0.05) is 12.2 Å². The Hall–Kier alpha value is -4.08. The number of amides is 1. The van der Waals surface area contributed by atoms with Gasteiger partial charge in [-0.3, -0.25) is 18.6 Å². The monoisotopic (exact) mass is 531 g/mol. The van der Waals surface area contributed by atoms with Gasteiger partial charge in [0.15, 0.2) is 5.16 Å². The number of benzene rings is 3. The van der Waals surface area contributed by atoms with E-state index in [4.69, 9.17) is 16.3 Å². The summed E-state index contributed by atoms with van der Waals surface area (Å²) in [7, 11) is 1.53. The number of halogens is 1. The molecule has 1 amide bonds. The van der Waals surface area contributed by atoms with E-state index in [1.807, 2.05) is 48.5 Å². The molecule has 3 aromatic carbocycles. The summed E-state index contributed by atoms with van der Waals surface area (Å²) in [5, 5.41) is 12.4. The summed E-state index contributed by atoms with van der Waals surface area (Å²) >= 11 is 7.50. The maximum Gasteiger partial charge on any atom is 0.263 e. The Labute approximate surface area is 221 Å². The van der Waals surface area contributed by atoms with Crippen LogP contribution in [0.2, 0.25) is 5.02 Å². The van der Waals surface area contributed by atoms with Crippen LogP contribution in [-0.2, 0) is 11.3 Å². The topological polar surface area (TPSA) is 90.5 Å². The Morgan fingerprint density at radius 2 is 1.89 bits per heavy atom. The third-order valence-corrected chi connectivity index (χ3v) is 7.27. The number of methoxy groups -OCH3 is 1. The number of carbonyl (C=O) groups is 1. The molecule has 0 unspecified atom stereocenters. The number of anilines is 1. The van der Waals surface area contributed by atoms with Crippen molar-refractivity contribution in [1.82, 2.24) is 19.2 Å². The normalized spacial score (nSPS) is 11.9. The zero-order valence-electron chi connectivity index (χ0n) is 19.8. The molecule has 0 bridgehead atoms. The second-order valence-corrected chi connectivity index (χ2v) is 9.57. The second-order valence-electron chi connectivity index (χ2n) is 8.09. The first-order valence-corrected chi connectivity index (χ1v) is 12.6. The molecule has 10 heteroatoms. The van der Waals surface area contributed by atoms with E-state index >= 15 is 0 Å². The van der Waals surface area contributed by atoms with Gasteiger partial charge >= 0.3 is 0 Å². The van der Waals surface area contributed by atoms with Crippen LogP contribution in [0.3, 0.4) is 0 Å². The maximum absolute atomic E-state index is 13.6. The Bertz CT molecular complexity index is 1680. The van der Waals surface area contributed by atoms with Crippen LogP contribution < -0.4 is 15.6 Å². The lowest BCUT2D eigenvalue weighted by Crippen LogP contribution is -2.23. The highest BCUT2D eigenvalue weighted by Gasteiger charge is 2.26. The van der Waals surface area contributed by atoms with Crippen LogP contribution in [-0.4, -0.2) is 32.2 Å². The smallest absolute Gasteiger partial charge is 0.263 e. The van der Waals surface area contributed by atoms with E-state index in [1.165, 1.54) is 23.4 Å². The van der Waals surface area contributed by atoms with E-state index in [-0.39, 0.29) is 18.0 Å². The third kappa shape index (κ3) is 4.71. The van der Waals surface area contributed by atoms with Gasteiger partial charge in [-0.05, 0) is 35.9 Å². The number of hydrogen-bond acceptors (Lipinski definition) is 6. The molecule has 0 aliphatic carbocycles. The van der Waals surface area contributed by atoms with Crippen LogP contribution in [0.5, 0.6) is 5.75 Å². The van der Waals surface area contributed by atoms with Crippen molar-refractivity contribution in [2.45, 2.75) is 17.0 Å². The molecule has 186 valence electrons. The number of fused-ring (bicyclic) bond motifs is 3. The molecule has 1 N–H and O–H groups in total. The molecule has 0 fully saturated rings. The molecule has 37 heavy (non-hydrogen) atoms. The van der Waals surface area contributed by atoms with E-state index in [9.17, 15) is 9.59 Å². The molecule has 2 aromatic heterocycles. The molecule has 0 saturated carbocycles. The molecule has 0 aliphatic rings. The zero-order chi connectivity index (χ0) is 25.9. The fourth-order valence-corrected chi connectivity index (χ4v) is 5.36. The Morgan fingerprint density at radius 1 is 1.14 bits per heavy atom. The fourth-order valence-electron chi connectivity index (χ4n) is 4.06. The molecular weight excluding hydrogens is 510 g/mol. The Balaban J connectivity index is 1.59. The number of nitrogens with one attached hydrogen (secondary N) is 1. The lowest BCUT2D eigenvalue weighted by Gasteiger charge is -2.17. The van der Waals surface area contributed by atoms with Gasteiger partial charge < -0.3 is 10.1 Å². The summed E-state index contributed by atoms with van der Waals surface area (Å²) in [6, 6.07) is 21.7. The van der Waals surface area contributed by atoms with Gasteiger partial charge in [0.05, 0.1) is 23.0 Å². The minimum Gasteiger partial charge on any atom is -0.495 e. The van der Waals surface area contributed by atoms with E-state index in [2.05, 4.69) is 22.1 Å². The van der Waals surface area contributed by atoms with Crippen LogP contribution in [0, 0.1) is 0 Å². The number of ether oxygens (including phenoxy) is 1. The molecule has 5 rings (SSSR count). The van der Waals surface area contributed by atoms with E-state index < -0.39 is 5.25 Å². The number of hydrogen-bond donors (Lipinski definition) is 1. The highest BCUT2D eigenvalue weighted by atomic mass is 35.5. The molecule has 0 spiro atoms. The van der Waals surface area contributed by atoms with Crippen LogP contribution in [0.15, 0.2) is 95.4 Å². The maximum atomic E-state index is 13.6. The molecule has 8 nitrogen and oxygen atoms in total. The fraction of sp³-hybridized carbons (Fsp3) is 0.111. The van der Waals surface area contributed by atoms with Crippen molar-refractivity contribution in [2.75, 3.05) is 12.4 Å². The molecule has 0 radical (unpaired) electrons. The number of para-hydroxylation sites is 1. The van der Waals surface area contributed by atoms with Crippen molar-refractivity contribution in [2.24, 2.45) is 0 Å². The summed E-state index contributed by atoms with van der Waals surface area (Å²) in [6.45, 7) is 4.04. The van der Waals surface area contributed by atoms with Crippen LogP contribution in [0.4, 0.5) is 5.69 Å². The highest BCUT2D eigenvalue weighted by Crippen LogP contribution is 2.37. The van der Waals surface area contributed by atoms with Gasteiger partial charge in [0.25, 0.3) is 5.56 Å². The third-order valence-electron chi connectivity index (χ3n) is 5.77. The largest absolute Gasteiger partial charge is 0.495 e. The van der Waals surface area contributed by atoms with Gasteiger partial charge in [-0.1, -0.05) is 71.9 Å². The lowest BCUT2D eigenvalue weighted by atomic mass is 10.1. The summed E-state index contributed by atoms with van der Waals surface area (Å²) in [5.74, 6) is 0.624. The minimum absolute atomic E-state index is 0.180. The molecule has 5 aromatic rings. The molecule has 2 heterocycles. The molecule has 0 saturated heterocycles. The Kier molecular flexibility index (Phi) is 6.98. The van der Waals surface area contributed by atoms with Crippen molar-refractivity contribution >= 4 is 51.6 Å². The summed E-state index contributed by atoms with van der Waals surface area (Å²) < 4.78 is 8.53. The van der Waals surface area contributed by atoms with Crippen molar-refractivity contribution < 1.29 is 9.53 Å². The standard InChI is InChI=1S/C27H22ClN5O3S/c1-3-15-32-25(35)19-11-7-8-12-21(19)33-26(32)30-31-27(33)37-23(17-9-5-4-6-10-17)24(34)29-18-13-14-22(36-2)20(28)16-18/h3-14,16,23H,1,15H2,2H3,(H,29,34)/t23-/m1/s1. The molecule has 0 aliphatic heterocycles. The summed E-state index contributed by atoms with van der Waals surface area (Å²) in [6.07, 6.45) is 1.64. The summed E-state index contributed by atoms with van der Waals surface area (Å²) in [5.41, 5.74) is 1.80. The SMILES string of the molecule is C=CCn1c(=O)c2ccccc2n2c(S[C@@H](C(=O)Nc3ccc(OC)c(Cl)c3)c3ccccc3)nnc12. The first kappa shape index (κ1) is 24.6. The van der Waals surface area contributed by atoms with E-state index in [0.717, 1.165) is 5.56 Å². The van der Waals surface area contributed by atoms with Crippen LogP contribution in [0.25, 0.3) is 16.7 Å². The van der Waals surface area contributed by atoms with Gasteiger partial charge in [-0.25, -0.2) is 0 Å². The molecule has 1 atom stereocenters. The van der Waals surface area contributed by atoms with Gasteiger partial charge in [0.2, 0.25) is 11.7 Å². The number of aromatic nitrogens is 4. The molecular formula is C27H22ClN5O3S. The predicted molar refractivity (Wildman–Crippen MR) is 147 cm³/mol. The summed E-state index contributed by atoms with van der Waals surface area (Å²) in [4.78, 5) is 26.7.